The largest absolute Gasteiger partial charge is 0.481 e. The van der Waals surface area contributed by atoms with Crippen LogP contribution in [0.1, 0.15) is 73.1 Å². The number of amides is 5. The fourth-order valence-electron chi connectivity index (χ4n) is 5.12. The molecule has 3 atom stereocenters. The molecule has 14 nitrogen and oxygen atoms in total. The van der Waals surface area contributed by atoms with Gasteiger partial charge in [-0.15, -0.1) is 0 Å². The Kier molecular flexibility index (Phi) is 13.9. The quantitative estimate of drug-likeness (QED) is 0.205. The lowest BCUT2D eigenvalue weighted by Crippen LogP contribution is -2.57. The number of nitrogens with zero attached hydrogens (tertiary/aromatic N) is 2. The molecule has 1 unspecified atom stereocenters. The summed E-state index contributed by atoms with van der Waals surface area (Å²) in [4.78, 5) is 91.1. The number of carboxylic acid groups (broad SMARTS) is 1. The normalized spacial score (nSPS) is 18.6. The molecule has 0 radical (unpaired) electrons. The number of carbonyl (C=O) groups is 7. The van der Waals surface area contributed by atoms with E-state index in [2.05, 4.69) is 16.0 Å². The third-order valence-electron chi connectivity index (χ3n) is 7.62. The van der Waals surface area contributed by atoms with Gasteiger partial charge in [0.15, 0.2) is 0 Å². The van der Waals surface area contributed by atoms with Crippen molar-refractivity contribution in [1.29, 1.82) is 0 Å². The van der Waals surface area contributed by atoms with E-state index in [1.54, 1.807) is 20.8 Å². The Labute approximate surface area is 252 Å². The first-order valence-electron chi connectivity index (χ1n) is 15.1. The van der Waals surface area contributed by atoms with Crippen LogP contribution in [0.15, 0.2) is 0 Å². The summed E-state index contributed by atoms with van der Waals surface area (Å²) in [6.07, 6.45) is 1.46. The maximum Gasteiger partial charge on any atom is 0.407 e. The first-order chi connectivity index (χ1) is 20.3. The highest BCUT2D eigenvalue weighted by Crippen LogP contribution is 2.21. The van der Waals surface area contributed by atoms with Gasteiger partial charge in [-0.3, -0.25) is 28.8 Å². The fraction of sp³-hybridized carbons (Fsp3) is 0.759. The van der Waals surface area contributed by atoms with Crippen molar-refractivity contribution in [2.24, 2.45) is 17.8 Å². The summed E-state index contributed by atoms with van der Waals surface area (Å²) in [5, 5.41) is 16.7. The Morgan fingerprint density at radius 3 is 2.14 bits per heavy atom. The Hall–Kier alpha value is -3.71. The maximum absolute atomic E-state index is 13.4. The summed E-state index contributed by atoms with van der Waals surface area (Å²) in [5.74, 6) is -4.94. The highest BCUT2D eigenvalue weighted by molar-refractivity contribution is 6.38. The molecule has 0 saturated carbocycles. The van der Waals surface area contributed by atoms with E-state index in [4.69, 9.17) is 9.84 Å². The second kappa shape index (κ2) is 16.8. The van der Waals surface area contributed by atoms with Crippen LogP contribution in [-0.4, -0.2) is 107 Å². The lowest BCUT2D eigenvalue weighted by atomic mass is 9.97. The van der Waals surface area contributed by atoms with Gasteiger partial charge in [0.25, 0.3) is 5.91 Å². The van der Waals surface area contributed by atoms with Gasteiger partial charge in [0.1, 0.15) is 12.1 Å². The molecule has 2 fully saturated rings. The van der Waals surface area contributed by atoms with Crippen LogP contribution < -0.4 is 16.0 Å². The molecule has 2 aliphatic rings. The van der Waals surface area contributed by atoms with Gasteiger partial charge in [-0.25, -0.2) is 4.79 Å². The van der Waals surface area contributed by atoms with Crippen molar-refractivity contribution in [1.82, 2.24) is 25.8 Å². The number of ketones is 1. The van der Waals surface area contributed by atoms with Gasteiger partial charge in [-0.2, -0.15) is 0 Å². The van der Waals surface area contributed by atoms with Crippen molar-refractivity contribution in [3.8, 4) is 0 Å². The van der Waals surface area contributed by atoms with Crippen molar-refractivity contribution in [2.75, 3.05) is 32.8 Å². The summed E-state index contributed by atoms with van der Waals surface area (Å²) >= 11 is 0. The number of ether oxygens (including phenoxy) is 1. The van der Waals surface area contributed by atoms with Crippen LogP contribution in [0.2, 0.25) is 0 Å². The molecule has 0 aromatic heterocycles. The molecule has 43 heavy (non-hydrogen) atoms. The number of likely N-dealkylation sites (tertiary alicyclic amines) is 2. The SMILES string of the molecule is CCCC(NC(=O)[C@@H]1CCCN1C(=O)[C@@H](NC(=O)OCC(C)C)C(C)C)C(=O)C(=O)NCC(=O)N1CCC(C(=O)O)CC1. The number of piperidine rings is 1. The van der Waals surface area contributed by atoms with Crippen LogP contribution in [-0.2, 0) is 33.5 Å². The highest BCUT2D eigenvalue weighted by Gasteiger charge is 2.40. The summed E-state index contributed by atoms with van der Waals surface area (Å²) in [7, 11) is 0. The average Bonchev–Trinajstić information content (AvgIpc) is 3.46. The van der Waals surface area contributed by atoms with E-state index in [0.29, 0.717) is 38.6 Å². The van der Waals surface area contributed by atoms with Crippen molar-refractivity contribution in [3.63, 3.8) is 0 Å². The molecule has 2 rings (SSSR count). The first kappa shape index (κ1) is 35.5. The Morgan fingerprint density at radius 1 is 0.930 bits per heavy atom. The molecule has 2 aliphatic heterocycles. The number of alkyl carbamates (subject to hydrolysis) is 1. The zero-order valence-electron chi connectivity index (χ0n) is 25.8. The molecule has 2 heterocycles. The summed E-state index contributed by atoms with van der Waals surface area (Å²) < 4.78 is 5.16. The van der Waals surface area contributed by atoms with Crippen LogP contribution in [0.3, 0.4) is 0 Å². The fourth-order valence-corrected chi connectivity index (χ4v) is 5.12. The number of nitrogens with one attached hydrogen (secondary N) is 3. The Bertz CT molecular complexity index is 1040. The average molecular weight is 610 g/mol. The van der Waals surface area contributed by atoms with E-state index in [1.807, 2.05) is 13.8 Å². The number of carbonyl (C=O) groups excluding carboxylic acids is 6. The van der Waals surface area contributed by atoms with Gasteiger partial charge < -0.3 is 35.6 Å². The lowest BCUT2D eigenvalue weighted by molar-refractivity contribution is -0.146. The van der Waals surface area contributed by atoms with E-state index in [0.717, 1.165) is 0 Å². The molecule has 242 valence electrons. The molecule has 4 N–H and O–H groups in total. The van der Waals surface area contributed by atoms with E-state index in [1.165, 1.54) is 9.80 Å². The molecule has 2 saturated heterocycles. The van der Waals surface area contributed by atoms with E-state index < -0.39 is 72.1 Å². The number of aliphatic carboxylic acids is 1. The van der Waals surface area contributed by atoms with Crippen LogP contribution in [0.5, 0.6) is 0 Å². The summed E-state index contributed by atoms with van der Waals surface area (Å²) in [6, 6.07) is -2.95. The van der Waals surface area contributed by atoms with Crippen LogP contribution >= 0.6 is 0 Å². The predicted octanol–water partition coefficient (Wildman–Crippen LogP) is 0.678. The second-order valence-electron chi connectivity index (χ2n) is 11.9. The standard InChI is InChI=1S/C29H47N5O9/c1-6-8-20(24(36)26(38)30-15-22(35)33-13-10-19(11-14-33)28(40)41)31-25(37)21-9-7-12-34(21)27(39)23(18(4)5)32-29(42)43-16-17(2)3/h17-21,23H,6-16H2,1-5H3,(H,30,38)(H,31,37)(H,32,42)(H,40,41)/t20?,21-,23-/m0/s1. The van der Waals surface area contributed by atoms with Crippen molar-refractivity contribution < 1.29 is 43.4 Å². The van der Waals surface area contributed by atoms with Crippen LogP contribution in [0.25, 0.3) is 0 Å². The third-order valence-corrected chi connectivity index (χ3v) is 7.62. The minimum Gasteiger partial charge on any atom is -0.481 e. The van der Waals surface area contributed by atoms with Crippen molar-refractivity contribution >= 4 is 41.5 Å². The predicted molar refractivity (Wildman–Crippen MR) is 154 cm³/mol. The van der Waals surface area contributed by atoms with Crippen molar-refractivity contribution in [2.45, 2.75) is 91.3 Å². The third kappa shape index (κ3) is 10.5. The minimum atomic E-state index is -1.15. The van der Waals surface area contributed by atoms with Gasteiger partial charge in [0, 0.05) is 19.6 Å². The molecular weight excluding hydrogens is 562 g/mol. The maximum atomic E-state index is 13.4. The Morgan fingerprint density at radius 2 is 1.58 bits per heavy atom. The first-order valence-corrected chi connectivity index (χ1v) is 15.1. The van der Waals surface area contributed by atoms with E-state index in [9.17, 15) is 33.6 Å². The minimum absolute atomic E-state index is 0.121. The number of hydrogen-bond donors (Lipinski definition) is 4. The summed E-state index contributed by atoms with van der Waals surface area (Å²) in [6.45, 7) is 9.66. The number of Topliss-reactive ketones (excluding diaryl/α,β-unsaturated/α-hetero) is 1. The summed E-state index contributed by atoms with van der Waals surface area (Å²) in [5.41, 5.74) is 0. The molecule has 0 bridgehead atoms. The smallest absolute Gasteiger partial charge is 0.407 e. The topological polar surface area (TPSA) is 192 Å². The molecule has 0 spiro atoms. The molecular formula is C29H47N5O9. The van der Waals surface area contributed by atoms with Crippen LogP contribution in [0.4, 0.5) is 4.79 Å². The van der Waals surface area contributed by atoms with Gasteiger partial charge >= 0.3 is 12.1 Å². The van der Waals surface area contributed by atoms with Crippen LogP contribution in [0, 0.1) is 17.8 Å². The number of carboxylic acids is 1. The molecule has 0 aromatic rings. The molecule has 5 amide bonds. The second-order valence-corrected chi connectivity index (χ2v) is 11.9. The molecule has 14 heteroatoms. The lowest BCUT2D eigenvalue weighted by Gasteiger charge is -2.31. The van der Waals surface area contributed by atoms with Gasteiger partial charge in [-0.05, 0) is 43.9 Å². The molecule has 0 aromatic carbocycles. The van der Waals surface area contributed by atoms with E-state index in [-0.39, 0.29) is 38.0 Å². The van der Waals surface area contributed by atoms with Crippen molar-refractivity contribution in [3.05, 3.63) is 0 Å². The monoisotopic (exact) mass is 609 g/mol. The zero-order valence-corrected chi connectivity index (χ0v) is 25.8. The number of hydrogen-bond acceptors (Lipinski definition) is 8. The highest BCUT2D eigenvalue weighted by atomic mass is 16.5. The van der Waals surface area contributed by atoms with Gasteiger partial charge in [0.05, 0.1) is 25.1 Å². The van der Waals surface area contributed by atoms with Gasteiger partial charge in [0.2, 0.25) is 23.5 Å². The van der Waals surface area contributed by atoms with E-state index >= 15 is 0 Å². The van der Waals surface area contributed by atoms with Gasteiger partial charge in [-0.1, -0.05) is 41.0 Å². The number of rotatable bonds is 14. The molecule has 0 aliphatic carbocycles. The zero-order chi connectivity index (χ0) is 32.3. The Balaban J connectivity index is 1.98.